The zero-order valence-corrected chi connectivity index (χ0v) is 16.6. The molecule has 0 saturated carbocycles. The molecule has 1 aliphatic rings. The number of nitrogens with zero attached hydrogens (tertiary/aromatic N) is 5. The average molecular weight is 399 g/mol. The predicted octanol–water partition coefficient (Wildman–Crippen LogP) is -0.265. The number of hydrogen-bond acceptors (Lipinski definition) is 7. The molecule has 11 heteroatoms. The molecular formula is C16H25N5O5S. The molecule has 0 unspecified atom stereocenters. The summed E-state index contributed by atoms with van der Waals surface area (Å²) >= 11 is 0. The number of carboxylic acid groups (broad SMARTS) is 1. The van der Waals surface area contributed by atoms with Gasteiger partial charge in [0.2, 0.25) is 10.0 Å². The Bertz CT molecular complexity index is 911. The van der Waals surface area contributed by atoms with Crippen molar-refractivity contribution in [3.63, 3.8) is 0 Å². The van der Waals surface area contributed by atoms with Crippen LogP contribution in [0.25, 0.3) is 5.65 Å². The lowest BCUT2D eigenvalue weighted by Gasteiger charge is -2.22. The van der Waals surface area contributed by atoms with Crippen molar-refractivity contribution in [3.05, 3.63) is 23.5 Å². The number of fused-ring (bicyclic) bond motifs is 1. The highest BCUT2D eigenvalue weighted by molar-refractivity contribution is 7.89. The minimum atomic E-state index is -3.36. The Morgan fingerprint density at radius 1 is 1.33 bits per heavy atom. The van der Waals surface area contributed by atoms with E-state index in [1.165, 1.54) is 18.4 Å². The van der Waals surface area contributed by atoms with Crippen molar-refractivity contribution in [2.24, 2.45) is 5.92 Å². The summed E-state index contributed by atoms with van der Waals surface area (Å²) in [5.74, 6) is 0.463. The van der Waals surface area contributed by atoms with Crippen LogP contribution in [0, 0.1) is 19.8 Å². The van der Waals surface area contributed by atoms with Crippen LogP contribution in [0.5, 0.6) is 0 Å². The van der Waals surface area contributed by atoms with E-state index in [0.29, 0.717) is 13.1 Å². The molecule has 150 valence electrons. The fourth-order valence-electron chi connectivity index (χ4n) is 3.10. The van der Waals surface area contributed by atoms with Crippen molar-refractivity contribution in [2.75, 3.05) is 37.8 Å². The number of aromatic nitrogens is 3. The largest absolute Gasteiger partial charge is 0.483 e. The van der Waals surface area contributed by atoms with Crippen molar-refractivity contribution in [1.29, 1.82) is 0 Å². The van der Waals surface area contributed by atoms with Crippen LogP contribution in [0.2, 0.25) is 0 Å². The lowest BCUT2D eigenvalue weighted by atomic mass is 10.1. The molecule has 0 amide bonds. The fraction of sp³-hybridized carbons (Fsp3) is 0.562. The molecule has 0 radical (unpaired) electrons. The molecule has 0 aromatic carbocycles. The third-order valence-corrected chi connectivity index (χ3v) is 6.63. The van der Waals surface area contributed by atoms with Gasteiger partial charge in [0.25, 0.3) is 6.47 Å². The number of sulfonamides is 1. The minimum absolute atomic E-state index is 0.0664. The second-order valence-corrected chi connectivity index (χ2v) is 8.87. The molecular weight excluding hydrogens is 374 g/mol. The number of aliphatic hydroxyl groups excluding tert-OH is 1. The number of hydrogen-bond donors (Lipinski definition) is 2. The van der Waals surface area contributed by atoms with Crippen LogP contribution in [-0.2, 0) is 14.8 Å². The van der Waals surface area contributed by atoms with E-state index >= 15 is 0 Å². The maximum atomic E-state index is 12.1. The number of β-amino-alcohol motifs (C(OH)–C–C–N with tert-alkyl or cyclic N) is 1. The molecule has 3 heterocycles. The molecule has 0 bridgehead atoms. The van der Waals surface area contributed by atoms with E-state index in [1.807, 2.05) is 24.8 Å². The van der Waals surface area contributed by atoms with Crippen molar-refractivity contribution in [2.45, 2.75) is 20.0 Å². The van der Waals surface area contributed by atoms with E-state index in [9.17, 15) is 13.5 Å². The Morgan fingerprint density at radius 3 is 2.56 bits per heavy atom. The summed E-state index contributed by atoms with van der Waals surface area (Å²) in [6, 6.07) is 1.83. The summed E-state index contributed by atoms with van der Waals surface area (Å²) in [5.41, 5.74) is 2.62. The maximum absolute atomic E-state index is 12.1. The lowest BCUT2D eigenvalue weighted by molar-refractivity contribution is -0.122. The first-order valence-corrected chi connectivity index (χ1v) is 9.95. The van der Waals surface area contributed by atoms with Gasteiger partial charge in [-0.3, -0.25) is 4.79 Å². The van der Waals surface area contributed by atoms with E-state index in [4.69, 9.17) is 9.90 Å². The highest BCUT2D eigenvalue weighted by atomic mass is 32.2. The minimum Gasteiger partial charge on any atom is -0.483 e. The Kier molecular flexibility index (Phi) is 6.39. The first kappa shape index (κ1) is 21.1. The van der Waals surface area contributed by atoms with Crippen LogP contribution in [-0.4, -0.2) is 83.0 Å². The normalized spacial score (nSPS) is 20.0. The second kappa shape index (κ2) is 8.19. The highest BCUT2D eigenvalue weighted by Crippen LogP contribution is 2.29. The number of rotatable bonds is 4. The van der Waals surface area contributed by atoms with Gasteiger partial charge in [-0.1, -0.05) is 0 Å². The third kappa shape index (κ3) is 4.37. The smallest absolute Gasteiger partial charge is 0.290 e. The van der Waals surface area contributed by atoms with Gasteiger partial charge in [-0.25, -0.2) is 17.7 Å². The van der Waals surface area contributed by atoms with Gasteiger partial charge in [0.05, 0.1) is 18.1 Å². The van der Waals surface area contributed by atoms with Gasteiger partial charge in [-0.15, -0.1) is 0 Å². The van der Waals surface area contributed by atoms with Crippen LogP contribution in [0.4, 0.5) is 5.82 Å². The Labute approximate surface area is 158 Å². The Hall–Kier alpha value is -2.24. The molecule has 2 aromatic rings. The third-order valence-electron chi connectivity index (χ3n) is 4.67. The van der Waals surface area contributed by atoms with E-state index in [2.05, 4.69) is 10.1 Å². The molecule has 3 rings (SSSR count). The Balaban J connectivity index is 0.000000817. The summed E-state index contributed by atoms with van der Waals surface area (Å²) in [4.78, 5) is 14.9. The van der Waals surface area contributed by atoms with Gasteiger partial charge in [0, 0.05) is 50.4 Å². The topological polar surface area (TPSA) is 128 Å². The number of aliphatic hydroxyl groups is 1. The molecule has 0 aliphatic carbocycles. The van der Waals surface area contributed by atoms with Crippen molar-refractivity contribution in [3.8, 4) is 0 Å². The van der Waals surface area contributed by atoms with Gasteiger partial charge in [0.15, 0.2) is 5.65 Å². The molecule has 2 N–H and O–H groups in total. The zero-order chi connectivity index (χ0) is 20.4. The van der Waals surface area contributed by atoms with Gasteiger partial charge < -0.3 is 15.1 Å². The molecule has 1 fully saturated rings. The van der Waals surface area contributed by atoms with Crippen LogP contribution in [0.3, 0.4) is 0 Å². The number of anilines is 1. The molecule has 2 aromatic heterocycles. The summed E-state index contributed by atoms with van der Waals surface area (Å²) in [6.07, 6.45) is 0.990. The summed E-state index contributed by atoms with van der Waals surface area (Å²) in [6.45, 7) is 4.50. The van der Waals surface area contributed by atoms with Crippen molar-refractivity contribution >= 4 is 28.0 Å². The Morgan fingerprint density at radius 2 is 1.96 bits per heavy atom. The highest BCUT2D eigenvalue weighted by Gasteiger charge is 2.37. The first-order chi connectivity index (χ1) is 12.6. The van der Waals surface area contributed by atoms with E-state index in [-0.39, 0.29) is 18.1 Å². The first-order valence-electron chi connectivity index (χ1n) is 8.34. The summed E-state index contributed by atoms with van der Waals surface area (Å²) < 4.78 is 27.2. The SMILES string of the molecule is Cc1nc2ccnn2c(N2C[C@@H](CS(=O)(=O)N(C)C)[C@@H](O)C2)c1C.O=CO. The quantitative estimate of drug-likeness (QED) is 0.673. The van der Waals surface area contributed by atoms with E-state index in [1.54, 1.807) is 10.7 Å². The van der Waals surface area contributed by atoms with Crippen LogP contribution in [0.1, 0.15) is 11.3 Å². The van der Waals surface area contributed by atoms with Crippen LogP contribution < -0.4 is 4.90 Å². The van der Waals surface area contributed by atoms with Gasteiger partial charge in [0.1, 0.15) is 5.82 Å². The molecule has 0 spiro atoms. The monoisotopic (exact) mass is 399 g/mol. The van der Waals surface area contributed by atoms with Crippen molar-refractivity contribution < 1.29 is 23.4 Å². The maximum Gasteiger partial charge on any atom is 0.290 e. The molecule has 2 atom stereocenters. The van der Waals surface area contributed by atoms with Gasteiger partial charge >= 0.3 is 0 Å². The van der Waals surface area contributed by atoms with Crippen molar-refractivity contribution in [1.82, 2.24) is 18.9 Å². The van der Waals surface area contributed by atoms with Gasteiger partial charge in [-0.05, 0) is 13.8 Å². The van der Waals surface area contributed by atoms with Crippen LogP contribution in [0.15, 0.2) is 12.3 Å². The number of carbonyl (C=O) groups is 1. The number of aryl methyl sites for hydroxylation is 1. The molecule has 10 nitrogen and oxygen atoms in total. The molecule has 27 heavy (non-hydrogen) atoms. The van der Waals surface area contributed by atoms with E-state index in [0.717, 1.165) is 22.7 Å². The zero-order valence-electron chi connectivity index (χ0n) is 15.8. The fourth-order valence-corrected chi connectivity index (χ4v) is 4.27. The predicted molar refractivity (Wildman–Crippen MR) is 100 cm³/mol. The lowest BCUT2D eigenvalue weighted by Crippen LogP contribution is -2.33. The molecule has 1 saturated heterocycles. The van der Waals surface area contributed by atoms with E-state index < -0.39 is 16.1 Å². The molecule has 1 aliphatic heterocycles. The average Bonchev–Trinajstić information content (AvgIpc) is 3.16. The standard InChI is InChI=1S/C15H23N5O3S.CH2O2/c1-10-11(2)17-14-5-6-16-20(14)15(10)19-7-12(13(21)8-19)9-24(22,23)18(3)4;2-1-3/h5-6,12-13,21H,7-9H2,1-4H3;1H,(H,2,3)/t12-,13-;/m0./s1. The van der Waals surface area contributed by atoms with Gasteiger partial charge in [-0.2, -0.15) is 9.61 Å². The summed E-state index contributed by atoms with van der Waals surface area (Å²) in [7, 11) is -0.334. The van der Waals surface area contributed by atoms with Crippen LogP contribution >= 0.6 is 0 Å². The summed E-state index contributed by atoms with van der Waals surface area (Å²) in [5, 5.41) is 21.6. The second-order valence-electron chi connectivity index (χ2n) is 6.65.